The summed E-state index contributed by atoms with van der Waals surface area (Å²) in [6, 6.07) is 20.5. The van der Waals surface area contributed by atoms with Gasteiger partial charge in [0.1, 0.15) is 5.75 Å². The molecule has 17 heavy (non-hydrogen) atoms. The molecule has 0 heterocycles. The normalized spacial score (nSPS) is 10.5. The molecular formula is C14H16NaOSi. The SMILES string of the molecule is C[Si](C)(Oc1ccccc1)c1ccccc1.[Na]. The number of rotatable bonds is 3. The third kappa shape index (κ3) is 4.00. The van der Waals surface area contributed by atoms with Crippen molar-refractivity contribution in [3.05, 3.63) is 60.7 Å². The number of benzene rings is 2. The Bertz CT molecular complexity index is 442. The Kier molecular flexibility index (Phi) is 5.47. The van der Waals surface area contributed by atoms with Crippen LogP contribution in [0.15, 0.2) is 60.7 Å². The van der Waals surface area contributed by atoms with E-state index in [1.807, 2.05) is 36.4 Å². The Balaban J connectivity index is 0.00000144. The van der Waals surface area contributed by atoms with Crippen molar-refractivity contribution in [1.82, 2.24) is 0 Å². The summed E-state index contributed by atoms with van der Waals surface area (Å²) in [5.74, 6) is 0.961. The van der Waals surface area contributed by atoms with E-state index in [4.69, 9.17) is 4.43 Å². The first kappa shape index (κ1) is 14.5. The second kappa shape index (κ2) is 6.41. The van der Waals surface area contributed by atoms with E-state index < -0.39 is 8.32 Å². The van der Waals surface area contributed by atoms with Crippen LogP contribution < -0.4 is 9.61 Å². The molecule has 0 spiro atoms. The zero-order valence-electron chi connectivity index (χ0n) is 10.7. The van der Waals surface area contributed by atoms with Gasteiger partial charge >= 0.3 is 0 Å². The molecule has 2 aromatic carbocycles. The zero-order valence-corrected chi connectivity index (χ0v) is 13.7. The minimum Gasteiger partial charge on any atom is -0.540 e. The van der Waals surface area contributed by atoms with Crippen LogP contribution in [-0.2, 0) is 0 Å². The molecular weight excluding hydrogens is 235 g/mol. The molecule has 0 atom stereocenters. The van der Waals surface area contributed by atoms with Crippen molar-refractivity contribution in [2.75, 3.05) is 0 Å². The predicted molar refractivity (Wildman–Crippen MR) is 76.4 cm³/mol. The molecule has 0 amide bonds. The van der Waals surface area contributed by atoms with Gasteiger partial charge in [0.05, 0.1) is 0 Å². The fourth-order valence-electron chi connectivity index (χ4n) is 1.68. The van der Waals surface area contributed by atoms with E-state index in [0.29, 0.717) is 0 Å². The fraction of sp³-hybridized carbons (Fsp3) is 0.143. The van der Waals surface area contributed by atoms with Gasteiger partial charge in [0.2, 0.25) is 0 Å². The maximum Gasteiger partial charge on any atom is 0.276 e. The maximum absolute atomic E-state index is 6.13. The Morgan fingerprint density at radius 3 is 1.76 bits per heavy atom. The summed E-state index contributed by atoms with van der Waals surface area (Å²) < 4.78 is 6.13. The van der Waals surface area contributed by atoms with E-state index >= 15 is 0 Å². The monoisotopic (exact) mass is 251 g/mol. The van der Waals surface area contributed by atoms with Gasteiger partial charge in [-0.05, 0) is 30.4 Å². The van der Waals surface area contributed by atoms with Gasteiger partial charge in [-0.3, -0.25) is 0 Å². The average molecular weight is 251 g/mol. The Hall–Kier alpha value is -0.543. The van der Waals surface area contributed by atoms with Crippen molar-refractivity contribution in [3.63, 3.8) is 0 Å². The van der Waals surface area contributed by atoms with Gasteiger partial charge in [0, 0.05) is 29.6 Å². The first-order chi connectivity index (χ1) is 7.68. The second-order valence-electron chi connectivity index (χ2n) is 4.29. The average Bonchev–Trinajstić information content (AvgIpc) is 2.31. The van der Waals surface area contributed by atoms with Crippen LogP contribution in [0.5, 0.6) is 5.75 Å². The Morgan fingerprint density at radius 1 is 0.765 bits per heavy atom. The van der Waals surface area contributed by atoms with Crippen LogP contribution in [0.25, 0.3) is 0 Å². The number of para-hydroxylation sites is 1. The van der Waals surface area contributed by atoms with E-state index in [1.54, 1.807) is 0 Å². The van der Waals surface area contributed by atoms with Crippen LogP contribution in [0.4, 0.5) is 0 Å². The number of hydrogen-bond donors (Lipinski definition) is 0. The summed E-state index contributed by atoms with van der Waals surface area (Å²) in [6.07, 6.45) is 0. The first-order valence-electron chi connectivity index (χ1n) is 5.48. The summed E-state index contributed by atoms with van der Waals surface area (Å²) in [4.78, 5) is 0. The van der Waals surface area contributed by atoms with Crippen LogP contribution in [0, 0.1) is 0 Å². The Morgan fingerprint density at radius 2 is 1.24 bits per heavy atom. The topological polar surface area (TPSA) is 9.23 Å². The number of hydrogen-bond acceptors (Lipinski definition) is 1. The maximum atomic E-state index is 6.13. The van der Waals surface area contributed by atoms with Gasteiger partial charge < -0.3 is 4.43 Å². The Labute approximate surface area is 126 Å². The first-order valence-corrected chi connectivity index (χ1v) is 8.39. The van der Waals surface area contributed by atoms with Gasteiger partial charge in [-0.15, -0.1) is 0 Å². The fourth-order valence-corrected chi connectivity index (χ4v) is 3.52. The molecule has 0 saturated heterocycles. The summed E-state index contributed by atoms with van der Waals surface area (Å²) in [5, 5.41) is 1.32. The molecule has 0 aliphatic rings. The van der Waals surface area contributed by atoms with Gasteiger partial charge in [-0.1, -0.05) is 48.5 Å². The third-order valence-electron chi connectivity index (χ3n) is 2.59. The van der Waals surface area contributed by atoms with Crippen molar-refractivity contribution < 1.29 is 4.43 Å². The molecule has 0 aromatic heterocycles. The molecule has 0 N–H and O–H groups in total. The van der Waals surface area contributed by atoms with E-state index in [9.17, 15) is 0 Å². The van der Waals surface area contributed by atoms with Crippen LogP contribution in [0.2, 0.25) is 13.1 Å². The zero-order chi connectivity index (χ0) is 11.4. The van der Waals surface area contributed by atoms with Gasteiger partial charge in [-0.25, -0.2) is 0 Å². The summed E-state index contributed by atoms with van der Waals surface area (Å²) >= 11 is 0. The van der Waals surface area contributed by atoms with Crippen LogP contribution in [0.3, 0.4) is 0 Å². The van der Waals surface area contributed by atoms with Crippen LogP contribution in [0.1, 0.15) is 0 Å². The standard InChI is InChI=1S/C14H16OSi.Na/c1-16(2,14-11-7-4-8-12-14)15-13-9-5-3-6-10-13;/h3-12H,1-2H3;. The largest absolute Gasteiger partial charge is 0.540 e. The third-order valence-corrected chi connectivity index (χ3v) is 5.05. The molecule has 0 saturated carbocycles. The van der Waals surface area contributed by atoms with E-state index in [2.05, 4.69) is 37.4 Å². The van der Waals surface area contributed by atoms with E-state index in [0.717, 1.165) is 5.75 Å². The molecule has 0 fully saturated rings. The molecule has 2 aromatic rings. The van der Waals surface area contributed by atoms with Crippen molar-refractivity contribution in [2.45, 2.75) is 13.1 Å². The second-order valence-corrected chi connectivity index (χ2v) is 8.09. The summed E-state index contributed by atoms with van der Waals surface area (Å²) in [5.41, 5.74) is 0. The smallest absolute Gasteiger partial charge is 0.276 e. The summed E-state index contributed by atoms with van der Waals surface area (Å²) in [7, 11) is -1.82. The van der Waals surface area contributed by atoms with E-state index in [-0.39, 0.29) is 29.6 Å². The quantitative estimate of drug-likeness (QED) is 0.762. The van der Waals surface area contributed by atoms with Crippen molar-refractivity contribution in [1.29, 1.82) is 0 Å². The molecule has 1 nitrogen and oxygen atoms in total. The molecule has 3 heteroatoms. The van der Waals surface area contributed by atoms with Crippen LogP contribution >= 0.6 is 0 Å². The molecule has 1 radical (unpaired) electrons. The molecule has 0 aliphatic heterocycles. The van der Waals surface area contributed by atoms with Crippen molar-refractivity contribution in [3.8, 4) is 5.75 Å². The molecule has 0 bridgehead atoms. The molecule has 0 aliphatic carbocycles. The van der Waals surface area contributed by atoms with Crippen molar-refractivity contribution >= 4 is 43.1 Å². The van der Waals surface area contributed by atoms with Gasteiger partial charge in [-0.2, -0.15) is 0 Å². The van der Waals surface area contributed by atoms with Crippen molar-refractivity contribution in [2.24, 2.45) is 0 Å². The minimum absolute atomic E-state index is 0. The molecule has 0 unspecified atom stereocenters. The molecule has 83 valence electrons. The molecule has 2 rings (SSSR count). The van der Waals surface area contributed by atoms with Gasteiger partial charge in [0.25, 0.3) is 8.32 Å². The predicted octanol–water partition coefficient (Wildman–Crippen LogP) is 2.80. The van der Waals surface area contributed by atoms with E-state index in [1.165, 1.54) is 5.19 Å². The van der Waals surface area contributed by atoms with Gasteiger partial charge in [0.15, 0.2) is 0 Å². The van der Waals surface area contributed by atoms with Crippen LogP contribution in [-0.4, -0.2) is 37.9 Å². The summed E-state index contributed by atoms with van der Waals surface area (Å²) in [6.45, 7) is 4.44. The minimum atomic E-state index is -1.82.